The predicted molar refractivity (Wildman–Crippen MR) is 125 cm³/mol. The Hall–Kier alpha value is -3.23. The molecule has 1 aliphatic heterocycles. The van der Waals surface area contributed by atoms with Crippen molar-refractivity contribution in [3.05, 3.63) is 65.7 Å². The maximum Gasteiger partial charge on any atom is 0.305 e. The molecule has 0 saturated carbocycles. The molecule has 2 amide bonds. The Balaban J connectivity index is 1.53. The van der Waals surface area contributed by atoms with Gasteiger partial charge in [-0.3, -0.25) is 14.4 Å². The lowest BCUT2D eigenvalue weighted by Crippen LogP contribution is -2.37. The predicted octanol–water partition coefficient (Wildman–Crippen LogP) is 2.60. The summed E-state index contributed by atoms with van der Waals surface area (Å²) < 4.78 is 5.66. The molecule has 2 aromatic carbocycles. The molecule has 0 aliphatic carbocycles. The average Bonchev–Trinajstić information content (AvgIpc) is 2.82. The van der Waals surface area contributed by atoms with Gasteiger partial charge in [-0.2, -0.15) is 0 Å². The third kappa shape index (κ3) is 8.67. The number of carboxylic acid groups (broad SMARTS) is 1. The van der Waals surface area contributed by atoms with Crippen LogP contribution in [0, 0.1) is 0 Å². The number of carbonyl (C=O) groups is 3. The van der Waals surface area contributed by atoms with E-state index in [4.69, 9.17) is 4.74 Å². The molecule has 8 nitrogen and oxygen atoms in total. The van der Waals surface area contributed by atoms with E-state index in [1.807, 2.05) is 30.3 Å². The van der Waals surface area contributed by atoms with Gasteiger partial charge in [0.1, 0.15) is 6.61 Å². The van der Waals surface area contributed by atoms with E-state index < -0.39 is 12.0 Å². The van der Waals surface area contributed by atoms with Gasteiger partial charge >= 0.3 is 5.97 Å². The van der Waals surface area contributed by atoms with E-state index >= 15 is 0 Å². The van der Waals surface area contributed by atoms with Crippen molar-refractivity contribution >= 4 is 23.5 Å². The van der Waals surface area contributed by atoms with E-state index in [-0.39, 0.29) is 30.9 Å². The van der Waals surface area contributed by atoms with Crippen molar-refractivity contribution in [2.75, 3.05) is 25.0 Å². The van der Waals surface area contributed by atoms with Gasteiger partial charge in [0.25, 0.3) is 5.91 Å². The van der Waals surface area contributed by atoms with Crippen molar-refractivity contribution in [3.8, 4) is 0 Å². The molecule has 3 rings (SSSR count). The molecule has 1 aliphatic rings. The highest BCUT2D eigenvalue weighted by molar-refractivity contribution is 5.97. The minimum Gasteiger partial charge on any atom is -0.481 e. The molecule has 1 fully saturated rings. The Morgan fingerprint density at radius 2 is 1.82 bits per heavy atom. The van der Waals surface area contributed by atoms with Crippen molar-refractivity contribution in [1.29, 1.82) is 0 Å². The van der Waals surface area contributed by atoms with Crippen LogP contribution in [-0.4, -0.2) is 54.7 Å². The van der Waals surface area contributed by atoms with Crippen LogP contribution in [0.25, 0.3) is 0 Å². The fourth-order valence-corrected chi connectivity index (χ4v) is 3.78. The molecule has 1 saturated heterocycles. The van der Waals surface area contributed by atoms with Gasteiger partial charge in [0.2, 0.25) is 5.91 Å². The lowest BCUT2D eigenvalue weighted by atomic mass is 10.0. The highest BCUT2D eigenvalue weighted by Gasteiger charge is 2.18. The highest BCUT2D eigenvalue weighted by atomic mass is 16.5. The Labute approximate surface area is 193 Å². The summed E-state index contributed by atoms with van der Waals surface area (Å²) in [6.45, 7) is 1.73. The summed E-state index contributed by atoms with van der Waals surface area (Å²) in [5.74, 6) is -1.63. The first-order chi connectivity index (χ1) is 16.0. The van der Waals surface area contributed by atoms with Gasteiger partial charge in [-0.25, -0.2) is 0 Å². The number of hydrogen-bond donors (Lipinski definition) is 4. The summed E-state index contributed by atoms with van der Waals surface area (Å²) in [4.78, 5) is 36.3. The van der Waals surface area contributed by atoms with Crippen molar-refractivity contribution in [1.82, 2.24) is 10.6 Å². The number of carbonyl (C=O) groups excluding carboxylic acids is 2. The number of piperidine rings is 1. The summed E-state index contributed by atoms with van der Waals surface area (Å²) in [5, 5.41) is 18.1. The molecule has 176 valence electrons. The quantitative estimate of drug-likeness (QED) is 0.416. The summed E-state index contributed by atoms with van der Waals surface area (Å²) >= 11 is 0. The van der Waals surface area contributed by atoms with Crippen LogP contribution in [0.5, 0.6) is 0 Å². The number of rotatable bonds is 11. The standard InChI is InChI=1S/C25H31N3O5/c29-23(17-33-22-11-13-26-14-12-22)27-20-8-4-7-19(15-20)25(32)28-21(16-24(30)31)10-9-18-5-2-1-3-6-18/h1-8,15,21-22,26H,9-14,16-17H2,(H,27,29)(H,28,32)(H,30,31). The third-order valence-electron chi connectivity index (χ3n) is 5.53. The lowest BCUT2D eigenvalue weighted by Gasteiger charge is -2.22. The molecule has 4 N–H and O–H groups in total. The summed E-state index contributed by atoms with van der Waals surface area (Å²) in [6.07, 6.45) is 2.84. The molecule has 33 heavy (non-hydrogen) atoms. The Morgan fingerprint density at radius 1 is 1.06 bits per heavy atom. The summed E-state index contributed by atoms with van der Waals surface area (Å²) in [5.41, 5.74) is 1.92. The zero-order valence-corrected chi connectivity index (χ0v) is 18.6. The molecular formula is C25H31N3O5. The normalized spacial score (nSPS) is 14.9. The molecule has 8 heteroatoms. The summed E-state index contributed by atoms with van der Waals surface area (Å²) in [7, 11) is 0. The minimum atomic E-state index is -0.969. The van der Waals surface area contributed by atoms with Crippen LogP contribution in [0.1, 0.15) is 41.6 Å². The van der Waals surface area contributed by atoms with Crippen LogP contribution < -0.4 is 16.0 Å². The van der Waals surface area contributed by atoms with Crippen LogP contribution >= 0.6 is 0 Å². The highest BCUT2D eigenvalue weighted by Crippen LogP contribution is 2.14. The maximum atomic E-state index is 12.8. The summed E-state index contributed by atoms with van der Waals surface area (Å²) in [6, 6.07) is 15.8. The molecule has 0 aromatic heterocycles. The van der Waals surface area contributed by atoms with Gasteiger partial charge in [0, 0.05) is 17.3 Å². The SMILES string of the molecule is O=C(O)CC(CCc1ccccc1)NC(=O)c1cccc(NC(=O)COC2CCNCC2)c1. The molecule has 2 aromatic rings. The minimum absolute atomic E-state index is 0.0404. The number of hydrogen-bond acceptors (Lipinski definition) is 5. The van der Waals surface area contributed by atoms with Gasteiger partial charge in [-0.15, -0.1) is 0 Å². The first-order valence-electron chi connectivity index (χ1n) is 11.3. The molecule has 0 radical (unpaired) electrons. The van der Waals surface area contributed by atoms with Crippen LogP contribution in [0.4, 0.5) is 5.69 Å². The van der Waals surface area contributed by atoms with Gasteiger partial charge in [0.15, 0.2) is 0 Å². The molecule has 0 spiro atoms. The number of ether oxygens (including phenoxy) is 1. The Kier molecular flexibility index (Phi) is 9.41. The number of anilines is 1. The number of aryl methyl sites for hydroxylation is 1. The maximum absolute atomic E-state index is 12.8. The van der Waals surface area contributed by atoms with Gasteiger partial charge in [-0.05, 0) is 62.5 Å². The fourth-order valence-electron chi connectivity index (χ4n) is 3.78. The Morgan fingerprint density at radius 3 is 2.55 bits per heavy atom. The lowest BCUT2D eigenvalue weighted by molar-refractivity contribution is -0.137. The van der Waals surface area contributed by atoms with E-state index in [1.165, 1.54) is 0 Å². The first kappa shape index (κ1) is 24.4. The average molecular weight is 454 g/mol. The molecule has 1 heterocycles. The fraction of sp³-hybridized carbons (Fsp3) is 0.400. The molecule has 1 atom stereocenters. The van der Waals surface area contributed by atoms with Crippen LogP contribution in [0.2, 0.25) is 0 Å². The third-order valence-corrected chi connectivity index (χ3v) is 5.53. The topological polar surface area (TPSA) is 117 Å². The second-order valence-corrected chi connectivity index (χ2v) is 8.18. The van der Waals surface area contributed by atoms with Crippen LogP contribution in [0.15, 0.2) is 54.6 Å². The number of amides is 2. The van der Waals surface area contributed by atoms with Crippen molar-refractivity contribution < 1.29 is 24.2 Å². The molecule has 0 bridgehead atoms. The van der Waals surface area contributed by atoms with Gasteiger partial charge in [-0.1, -0.05) is 36.4 Å². The zero-order chi connectivity index (χ0) is 23.5. The van der Waals surface area contributed by atoms with Crippen LogP contribution in [0.3, 0.4) is 0 Å². The second kappa shape index (κ2) is 12.7. The monoisotopic (exact) mass is 453 g/mol. The van der Waals surface area contributed by atoms with Crippen molar-refractivity contribution in [3.63, 3.8) is 0 Å². The molecular weight excluding hydrogens is 422 g/mol. The first-order valence-corrected chi connectivity index (χ1v) is 11.3. The van der Waals surface area contributed by atoms with Crippen molar-refractivity contribution in [2.45, 2.75) is 44.2 Å². The number of carboxylic acids is 1. The van der Waals surface area contributed by atoms with E-state index in [9.17, 15) is 19.5 Å². The van der Waals surface area contributed by atoms with E-state index in [0.717, 1.165) is 31.5 Å². The Bertz CT molecular complexity index is 929. The number of benzene rings is 2. The largest absolute Gasteiger partial charge is 0.481 e. The second-order valence-electron chi connectivity index (χ2n) is 8.18. The van der Waals surface area contributed by atoms with E-state index in [0.29, 0.717) is 24.1 Å². The molecule has 1 unspecified atom stereocenters. The van der Waals surface area contributed by atoms with Crippen molar-refractivity contribution in [2.24, 2.45) is 0 Å². The zero-order valence-electron chi connectivity index (χ0n) is 18.6. The van der Waals surface area contributed by atoms with E-state index in [2.05, 4.69) is 16.0 Å². The number of nitrogens with one attached hydrogen (secondary N) is 3. The number of aliphatic carboxylic acids is 1. The van der Waals surface area contributed by atoms with Crippen LogP contribution in [-0.2, 0) is 20.7 Å². The van der Waals surface area contributed by atoms with Gasteiger partial charge in [0.05, 0.1) is 12.5 Å². The smallest absolute Gasteiger partial charge is 0.305 e. The van der Waals surface area contributed by atoms with E-state index in [1.54, 1.807) is 24.3 Å². The van der Waals surface area contributed by atoms with Gasteiger partial charge < -0.3 is 25.8 Å².